The Kier molecular flexibility index (Phi) is 5.32. The topological polar surface area (TPSA) is 51.0 Å². The van der Waals surface area contributed by atoms with Gasteiger partial charge in [0, 0.05) is 18.9 Å². The minimum atomic E-state index is 0.545. The molecular weight excluding hydrogens is 190 g/mol. The predicted molar refractivity (Wildman–Crippen MR) is 59.8 cm³/mol. The van der Waals surface area contributed by atoms with Gasteiger partial charge in [-0.05, 0) is 19.4 Å². The SMILES string of the molecule is CCCc1noc(CCCNC(C)C)n1. The van der Waals surface area contributed by atoms with Crippen LogP contribution in [0.3, 0.4) is 0 Å². The van der Waals surface area contributed by atoms with Crippen LogP contribution in [-0.4, -0.2) is 22.7 Å². The second-order valence-corrected chi connectivity index (χ2v) is 4.07. The Morgan fingerprint density at radius 1 is 1.33 bits per heavy atom. The first-order chi connectivity index (χ1) is 7.22. The molecule has 0 fully saturated rings. The zero-order valence-electron chi connectivity index (χ0n) is 9.92. The summed E-state index contributed by atoms with van der Waals surface area (Å²) in [4.78, 5) is 4.31. The molecule has 0 aliphatic heterocycles. The average Bonchev–Trinajstić information content (AvgIpc) is 2.61. The van der Waals surface area contributed by atoms with E-state index in [0.717, 1.165) is 43.9 Å². The maximum atomic E-state index is 5.14. The zero-order valence-corrected chi connectivity index (χ0v) is 9.92. The molecule has 1 aromatic heterocycles. The predicted octanol–water partition coefficient (Wildman–Crippen LogP) is 1.95. The van der Waals surface area contributed by atoms with Gasteiger partial charge in [0.05, 0.1) is 0 Å². The Morgan fingerprint density at radius 3 is 2.80 bits per heavy atom. The summed E-state index contributed by atoms with van der Waals surface area (Å²) in [5, 5.41) is 7.27. The van der Waals surface area contributed by atoms with Crippen molar-refractivity contribution in [2.24, 2.45) is 0 Å². The molecule has 0 saturated heterocycles. The maximum absolute atomic E-state index is 5.14. The van der Waals surface area contributed by atoms with Crippen LogP contribution in [0.1, 0.15) is 45.3 Å². The van der Waals surface area contributed by atoms with Crippen molar-refractivity contribution >= 4 is 0 Å². The minimum Gasteiger partial charge on any atom is -0.339 e. The molecule has 15 heavy (non-hydrogen) atoms. The summed E-state index contributed by atoms with van der Waals surface area (Å²) < 4.78 is 5.14. The van der Waals surface area contributed by atoms with E-state index in [-0.39, 0.29) is 0 Å². The lowest BCUT2D eigenvalue weighted by molar-refractivity contribution is 0.368. The summed E-state index contributed by atoms with van der Waals surface area (Å²) in [7, 11) is 0. The highest BCUT2D eigenvalue weighted by Gasteiger charge is 2.04. The molecule has 0 amide bonds. The first-order valence-electron chi connectivity index (χ1n) is 5.77. The summed E-state index contributed by atoms with van der Waals surface area (Å²) in [5.74, 6) is 1.60. The van der Waals surface area contributed by atoms with E-state index in [9.17, 15) is 0 Å². The lowest BCUT2D eigenvalue weighted by Gasteiger charge is -2.05. The maximum Gasteiger partial charge on any atom is 0.226 e. The van der Waals surface area contributed by atoms with Crippen molar-refractivity contribution in [3.8, 4) is 0 Å². The number of nitrogens with zero attached hydrogens (tertiary/aromatic N) is 2. The van der Waals surface area contributed by atoms with Gasteiger partial charge in [0.2, 0.25) is 5.89 Å². The van der Waals surface area contributed by atoms with Crippen LogP contribution in [0, 0.1) is 0 Å². The van der Waals surface area contributed by atoms with Gasteiger partial charge in [-0.25, -0.2) is 0 Å². The first-order valence-corrected chi connectivity index (χ1v) is 5.77. The number of hydrogen-bond acceptors (Lipinski definition) is 4. The van der Waals surface area contributed by atoms with Crippen LogP contribution in [-0.2, 0) is 12.8 Å². The van der Waals surface area contributed by atoms with Gasteiger partial charge in [0.1, 0.15) is 0 Å². The third-order valence-corrected chi connectivity index (χ3v) is 2.10. The molecule has 1 aromatic rings. The molecule has 0 radical (unpaired) electrons. The highest BCUT2D eigenvalue weighted by Crippen LogP contribution is 2.02. The normalized spacial score (nSPS) is 11.2. The van der Waals surface area contributed by atoms with Gasteiger partial charge in [-0.1, -0.05) is 25.9 Å². The van der Waals surface area contributed by atoms with Crippen LogP contribution in [0.5, 0.6) is 0 Å². The van der Waals surface area contributed by atoms with E-state index < -0.39 is 0 Å². The van der Waals surface area contributed by atoms with Crippen LogP contribution >= 0.6 is 0 Å². The quantitative estimate of drug-likeness (QED) is 0.700. The second-order valence-electron chi connectivity index (χ2n) is 4.07. The van der Waals surface area contributed by atoms with Gasteiger partial charge >= 0.3 is 0 Å². The van der Waals surface area contributed by atoms with Gasteiger partial charge in [-0.15, -0.1) is 0 Å². The number of aryl methyl sites for hydroxylation is 2. The number of hydrogen-bond donors (Lipinski definition) is 1. The highest BCUT2D eigenvalue weighted by molar-refractivity contribution is 4.86. The number of nitrogens with one attached hydrogen (secondary N) is 1. The van der Waals surface area contributed by atoms with Gasteiger partial charge in [-0.3, -0.25) is 0 Å². The zero-order chi connectivity index (χ0) is 11.1. The Hall–Kier alpha value is -0.900. The standard InChI is InChI=1S/C11H21N3O/c1-4-6-10-13-11(15-14-10)7-5-8-12-9(2)3/h9,12H,4-8H2,1-3H3. The van der Waals surface area contributed by atoms with Gasteiger partial charge < -0.3 is 9.84 Å². The molecule has 0 atom stereocenters. The molecule has 0 aliphatic carbocycles. The number of aromatic nitrogens is 2. The van der Waals surface area contributed by atoms with Crippen LogP contribution in [0.2, 0.25) is 0 Å². The lowest BCUT2D eigenvalue weighted by atomic mass is 10.3. The molecule has 0 bridgehead atoms. The van der Waals surface area contributed by atoms with Crippen molar-refractivity contribution < 1.29 is 4.52 Å². The van der Waals surface area contributed by atoms with Crippen LogP contribution in [0.4, 0.5) is 0 Å². The Labute approximate surface area is 91.5 Å². The molecule has 4 nitrogen and oxygen atoms in total. The first kappa shape index (κ1) is 12.2. The fraction of sp³-hybridized carbons (Fsp3) is 0.818. The molecule has 0 spiro atoms. The molecule has 1 rings (SSSR count). The van der Waals surface area contributed by atoms with E-state index in [1.165, 1.54) is 0 Å². The smallest absolute Gasteiger partial charge is 0.226 e. The van der Waals surface area contributed by atoms with E-state index in [2.05, 4.69) is 36.2 Å². The highest BCUT2D eigenvalue weighted by atomic mass is 16.5. The third kappa shape index (κ3) is 4.93. The molecule has 0 unspecified atom stereocenters. The summed E-state index contributed by atoms with van der Waals surface area (Å²) in [6.45, 7) is 7.41. The van der Waals surface area contributed by atoms with Crippen molar-refractivity contribution in [1.82, 2.24) is 15.5 Å². The van der Waals surface area contributed by atoms with Crippen LogP contribution < -0.4 is 5.32 Å². The Balaban J connectivity index is 2.19. The van der Waals surface area contributed by atoms with E-state index in [1.54, 1.807) is 0 Å². The minimum absolute atomic E-state index is 0.545. The molecular formula is C11H21N3O. The van der Waals surface area contributed by atoms with E-state index in [0.29, 0.717) is 6.04 Å². The van der Waals surface area contributed by atoms with Crippen molar-refractivity contribution in [3.05, 3.63) is 11.7 Å². The molecule has 1 N–H and O–H groups in total. The average molecular weight is 211 g/mol. The van der Waals surface area contributed by atoms with Crippen molar-refractivity contribution in [1.29, 1.82) is 0 Å². The van der Waals surface area contributed by atoms with E-state index >= 15 is 0 Å². The summed E-state index contributed by atoms with van der Waals surface area (Å²) in [6, 6.07) is 0.545. The molecule has 4 heteroatoms. The molecule has 0 saturated carbocycles. The fourth-order valence-corrected chi connectivity index (χ4v) is 1.35. The van der Waals surface area contributed by atoms with E-state index in [1.807, 2.05) is 0 Å². The largest absolute Gasteiger partial charge is 0.339 e. The summed E-state index contributed by atoms with van der Waals surface area (Å²) >= 11 is 0. The molecule has 1 heterocycles. The molecule has 0 aliphatic rings. The van der Waals surface area contributed by atoms with Crippen molar-refractivity contribution in [2.45, 2.75) is 52.5 Å². The van der Waals surface area contributed by atoms with Crippen LogP contribution in [0.15, 0.2) is 4.52 Å². The fourth-order valence-electron chi connectivity index (χ4n) is 1.35. The molecule has 0 aromatic carbocycles. The van der Waals surface area contributed by atoms with Gasteiger partial charge in [0.25, 0.3) is 0 Å². The van der Waals surface area contributed by atoms with Gasteiger partial charge in [0.15, 0.2) is 5.82 Å². The Morgan fingerprint density at radius 2 is 2.13 bits per heavy atom. The summed E-state index contributed by atoms with van der Waals surface area (Å²) in [6.07, 6.45) is 3.89. The third-order valence-electron chi connectivity index (χ3n) is 2.10. The van der Waals surface area contributed by atoms with E-state index in [4.69, 9.17) is 4.52 Å². The summed E-state index contributed by atoms with van der Waals surface area (Å²) in [5.41, 5.74) is 0. The Bertz CT molecular complexity index is 271. The van der Waals surface area contributed by atoms with Crippen molar-refractivity contribution in [2.75, 3.05) is 6.54 Å². The second kappa shape index (κ2) is 6.56. The molecule has 86 valence electrons. The van der Waals surface area contributed by atoms with Crippen molar-refractivity contribution in [3.63, 3.8) is 0 Å². The monoisotopic (exact) mass is 211 g/mol. The van der Waals surface area contributed by atoms with Gasteiger partial charge in [-0.2, -0.15) is 4.98 Å². The van der Waals surface area contributed by atoms with Crippen LogP contribution in [0.25, 0.3) is 0 Å². The lowest BCUT2D eigenvalue weighted by Crippen LogP contribution is -2.23. The number of rotatable bonds is 7.